The average molecular weight is 538 g/mol. The molecule has 0 bridgehead atoms. The number of hydrogen-bond acceptors (Lipinski definition) is 10. The van der Waals surface area contributed by atoms with Gasteiger partial charge in [0.25, 0.3) is 11.5 Å². The number of rotatable bonds is 6. The fourth-order valence-corrected chi connectivity index (χ4v) is 6.24. The molecular formula is C26H35N9O4. The molecule has 0 radical (unpaired) electrons. The van der Waals surface area contributed by atoms with Crippen LogP contribution in [0.5, 0.6) is 0 Å². The van der Waals surface area contributed by atoms with Gasteiger partial charge in [-0.05, 0) is 37.5 Å². The number of fused-ring (bicyclic) bond motifs is 1. The summed E-state index contributed by atoms with van der Waals surface area (Å²) in [5, 5.41) is 13.8. The largest absolute Gasteiger partial charge is 0.381 e. The molecule has 2 unspecified atom stereocenters. The fourth-order valence-electron chi connectivity index (χ4n) is 6.24. The van der Waals surface area contributed by atoms with E-state index in [0.717, 1.165) is 64.2 Å². The molecule has 3 aliphatic heterocycles. The van der Waals surface area contributed by atoms with E-state index in [1.54, 1.807) is 11.7 Å². The second-order valence-corrected chi connectivity index (χ2v) is 11.1. The van der Waals surface area contributed by atoms with Crippen LogP contribution in [0, 0.1) is 11.8 Å². The van der Waals surface area contributed by atoms with Gasteiger partial charge in [-0.15, -0.1) is 0 Å². The number of anilines is 1. The van der Waals surface area contributed by atoms with Gasteiger partial charge in [-0.1, -0.05) is 6.92 Å². The van der Waals surface area contributed by atoms with E-state index in [1.165, 1.54) is 12.4 Å². The molecule has 3 aliphatic rings. The Bertz CT molecular complexity index is 1360. The molecule has 208 valence electrons. The van der Waals surface area contributed by atoms with Crippen molar-refractivity contribution in [2.75, 3.05) is 50.8 Å². The third kappa shape index (κ3) is 5.25. The van der Waals surface area contributed by atoms with Gasteiger partial charge in [0.2, 0.25) is 5.95 Å². The van der Waals surface area contributed by atoms with E-state index < -0.39 is 5.91 Å². The number of aromatic nitrogens is 6. The zero-order valence-electron chi connectivity index (χ0n) is 22.1. The van der Waals surface area contributed by atoms with Crippen molar-refractivity contribution in [3.63, 3.8) is 0 Å². The van der Waals surface area contributed by atoms with Gasteiger partial charge in [-0.3, -0.25) is 14.8 Å². The summed E-state index contributed by atoms with van der Waals surface area (Å²) in [6.07, 6.45) is 8.32. The average Bonchev–Trinajstić information content (AvgIpc) is 3.57. The van der Waals surface area contributed by atoms with E-state index in [4.69, 9.17) is 14.9 Å². The highest BCUT2D eigenvalue weighted by Gasteiger charge is 2.35. The van der Waals surface area contributed by atoms with Gasteiger partial charge in [-0.25, -0.2) is 25.1 Å². The Morgan fingerprint density at radius 3 is 2.59 bits per heavy atom. The van der Waals surface area contributed by atoms with Gasteiger partial charge < -0.3 is 19.5 Å². The Labute approximate surface area is 225 Å². The van der Waals surface area contributed by atoms with Crippen LogP contribution in [0.2, 0.25) is 0 Å². The predicted octanol–water partition coefficient (Wildman–Crippen LogP) is 1.33. The minimum Gasteiger partial charge on any atom is -0.381 e. The highest BCUT2D eigenvalue weighted by Crippen LogP contribution is 2.33. The van der Waals surface area contributed by atoms with E-state index >= 15 is 0 Å². The van der Waals surface area contributed by atoms with Crippen molar-refractivity contribution in [1.29, 1.82) is 0 Å². The Kier molecular flexibility index (Phi) is 7.28. The second-order valence-electron chi connectivity index (χ2n) is 11.1. The first kappa shape index (κ1) is 25.8. The molecule has 6 heterocycles. The van der Waals surface area contributed by atoms with Crippen LogP contribution in [0.25, 0.3) is 11.0 Å². The molecular weight excluding hydrogens is 502 g/mol. The molecule has 3 saturated heterocycles. The minimum absolute atomic E-state index is 0.112. The summed E-state index contributed by atoms with van der Waals surface area (Å²) in [6, 6.07) is 0.213. The zero-order chi connectivity index (χ0) is 26.9. The number of hydroxylamine groups is 1. The lowest BCUT2D eigenvalue weighted by atomic mass is 9.96. The third-order valence-electron chi connectivity index (χ3n) is 8.47. The van der Waals surface area contributed by atoms with E-state index in [-0.39, 0.29) is 23.1 Å². The smallest absolute Gasteiger partial charge is 0.277 e. The number of piperidine rings is 1. The number of amides is 1. The van der Waals surface area contributed by atoms with Crippen LogP contribution in [0.15, 0.2) is 23.4 Å². The lowest BCUT2D eigenvalue weighted by Gasteiger charge is -2.34. The molecule has 1 amide bonds. The number of H-pyrrole nitrogens is 1. The molecule has 3 aromatic rings. The van der Waals surface area contributed by atoms with Crippen LogP contribution in [0.3, 0.4) is 0 Å². The van der Waals surface area contributed by atoms with Crippen LogP contribution >= 0.6 is 0 Å². The Hall–Kier alpha value is -3.42. The molecule has 3 fully saturated rings. The molecule has 6 rings (SSSR count). The molecule has 39 heavy (non-hydrogen) atoms. The summed E-state index contributed by atoms with van der Waals surface area (Å²) in [6.45, 7) is 8.22. The molecule has 13 nitrogen and oxygen atoms in total. The summed E-state index contributed by atoms with van der Waals surface area (Å²) in [5.41, 5.74) is 2.39. The molecule has 0 aliphatic carbocycles. The van der Waals surface area contributed by atoms with Crippen LogP contribution in [0.4, 0.5) is 5.95 Å². The fraction of sp³-hybridized carbons (Fsp3) is 0.615. The van der Waals surface area contributed by atoms with Crippen LogP contribution in [-0.4, -0.2) is 91.7 Å². The second kappa shape index (κ2) is 11.0. The Morgan fingerprint density at radius 1 is 1.13 bits per heavy atom. The van der Waals surface area contributed by atoms with E-state index in [2.05, 4.69) is 36.8 Å². The number of hydrogen-bond donors (Lipinski definition) is 3. The predicted molar refractivity (Wildman–Crippen MR) is 142 cm³/mol. The minimum atomic E-state index is -0.623. The van der Waals surface area contributed by atoms with Crippen molar-refractivity contribution in [3.05, 3.63) is 40.3 Å². The maximum atomic E-state index is 12.9. The highest BCUT2D eigenvalue weighted by atomic mass is 16.5. The van der Waals surface area contributed by atoms with Crippen LogP contribution < -0.4 is 15.9 Å². The Morgan fingerprint density at radius 2 is 1.87 bits per heavy atom. The topological polar surface area (TPSA) is 154 Å². The van der Waals surface area contributed by atoms with Gasteiger partial charge in [0, 0.05) is 64.2 Å². The number of nitrogens with zero attached hydrogens (tertiary/aromatic N) is 7. The first-order valence-corrected chi connectivity index (χ1v) is 13.8. The SMILES string of the molecule is CC1CN(CC2CCN(c3ncc(C(=O)NO)cn3)CC2)CC1c1nc2c(cnn2C2CCOCC2)c(=O)[nH]1. The summed E-state index contributed by atoms with van der Waals surface area (Å²) >= 11 is 0. The lowest BCUT2D eigenvalue weighted by molar-refractivity contribution is 0.0673. The number of carbonyl (C=O) groups excluding carboxylic acids is 1. The normalized spacial score (nSPS) is 23.5. The summed E-state index contributed by atoms with van der Waals surface area (Å²) in [4.78, 5) is 45.7. The van der Waals surface area contributed by atoms with Crippen LogP contribution in [0.1, 0.15) is 60.7 Å². The summed E-state index contributed by atoms with van der Waals surface area (Å²) in [5.74, 6) is 1.86. The first-order valence-electron chi connectivity index (χ1n) is 13.8. The summed E-state index contributed by atoms with van der Waals surface area (Å²) in [7, 11) is 0. The molecule has 0 aromatic carbocycles. The maximum Gasteiger partial charge on any atom is 0.277 e. The highest BCUT2D eigenvalue weighted by molar-refractivity contribution is 5.92. The molecule has 3 aromatic heterocycles. The van der Waals surface area contributed by atoms with Gasteiger partial charge in [0.05, 0.1) is 17.8 Å². The number of nitrogens with one attached hydrogen (secondary N) is 2. The molecule has 0 saturated carbocycles. The van der Waals surface area contributed by atoms with Crippen molar-refractivity contribution in [2.45, 2.75) is 44.6 Å². The van der Waals surface area contributed by atoms with Crippen LogP contribution in [-0.2, 0) is 4.74 Å². The van der Waals surface area contributed by atoms with Gasteiger partial charge in [0.1, 0.15) is 11.2 Å². The molecule has 2 atom stereocenters. The molecule has 13 heteroatoms. The number of likely N-dealkylation sites (tertiary alicyclic amines) is 1. The van der Waals surface area contributed by atoms with Crippen molar-refractivity contribution in [2.24, 2.45) is 11.8 Å². The first-order chi connectivity index (χ1) is 19.0. The quantitative estimate of drug-likeness (QED) is 0.310. The monoisotopic (exact) mass is 537 g/mol. The van der Waals surface area contributed by atoms with E-state index in [1.807, 2.05) is 4.68 Å². The van der Waals surface area contributed by atoms with Crippen molar-refractivity contribution in [1.82, 2.24) is 40.1 Å². The lowest BCUT2D eigenvalue weighted by Crippen LogP contribution is -2.39. The van der Waals surface area contributed by atoms with Gasteiger partial charge in [0.15, 0.2) is 5.65 Å². The van der Waals surface area contributed by atoms with E-state index in [0.29, 0.717) is 42.0 Å². The van der Waals surface area contributed by atoms with Gasteiger partial charge in [-0.2, -0.15) is 5.10 Å². The van der Waals surface area contributed by atoms with Crippen molar-refractivity contribution in [3.8, 4) is 0 Å². The molecule has 0 spiro atoms. The van der Waals surface area contributed by atoms with Crippen molar-refractivity contribution < 1.29 is 14.7 Å². The summed E-state index contributed by atoms with van der Waals surface area (Å²) < 4.78 is 7.44. The van der Waals surface area contributed by atoms with Crippen molar-refractivity contribution >= 4 is 22.9 Å². The number of ether oxygens (including phenoxy) is 1. The standard InChI is InChI=1S/C26H35N9O4/c1-16-13-33(14-17-2-6-34(7-3-17)26-27-10-18(11-28-26)24(36)32-38)15-21(16)22-30-23-20(25(37)31-22)12-29-35(23)19-4-8-39-9-5-19/h10-12,16-17,19,21,38H,2-9,13-15H2,1H3,(H,32,36)(H,30,31,37). The number of aromatic amines is 1. The third-order valence-corrected chi connectivity index (χ3v) is 8.47. The van der Waals surface area contributed by atoms with E-state index in [9.17, 15) is 9.59 Å². The Balaban J connectivity index is 1.08. The number of carbonyl (C=O) groups is 1. The zero-order valence-corrected chi connectivity index (χ0v) is 22.1. The maximum absolute atomic E-state index is 12.9. The van der Waals surface area contributed by atoms with Gasteiger partial charge >= 0.3 is 0 Å². The molecule has 3 N–H and O–H groups in total.